The van der Waals surface area contributed by atoms with E-state index in [1.165, 1.54) is 23.1 Å². The average Bonchev–Trinajstić information content (AvgIpc) is 3.39. The number of benzene rings is 2. The van der Waals surface area contributed by atoms with E-state index in [1.807, 2.05) is 72.1 Å². The highest BCUT2D eigenvalue weighted by Crippen LogP contribution is 2.32. The zero-order valence-electron chi connectivity index (χ0n) is 17.9. The van der Waals surface area contributed by atoms with E-state index in [4.69, 9.17) is 12.2 Å². The summed E-state index contributed by atoms with van der Waals surface area (Å²) in [4.78, 5) is 31.7. The summed E-state index contributed by atoms with van der Waals surface area (Å²) in [6, 6.07) is 19.7. The molecule has 1 aromatic heterocycles. The monoisotopic (exact) mass is 493 g/mol. The van der Waals surface area contributed by atoms with Crippen molar-refractivity contribution in [2.45, 2.75) is 25.7 Å². The minimum Gasteiger partial charge on any atom is -0.302 e. The predicted molar refractivity (Wildman–Crippen MR) is 141 cm³/mol. The van der Waals surface area contributed by atoms with Crippen LogP contribution in [0.15, 0.2) is 70.9 Å². The van der Waals surface area contributed by atoms with Gasteiger partial charge in [-0.15, -0.1) is 11.3 Å². The topological polar surface area (TPSA) is 62.3 Å². The van der Waals surface area contributed by atoms with Crippen LogP contribution in [0.5, 0.6) is 0 Å². The smallest absolute Gasteiger partial charge is 0.266 e. The average molecular weight is 494 g/mol. The van der Waals surface area contributed by atoms with Crippen molar-refractivity contribution in [2.75, 3.05) is 11.9 Å². The maximum atomic E-state index is 12.7. The van der Waals surface area contributed by atoms with Gasteiger partial charge < -0.3 is 5.32 Å². The second-order valence-electron chi connectivity index (χ2n) is 7.51. The second kappa shape index (κ2) is 11.4. The van der Waals surface area contributed by atoms with Gasteiger partial charge in [0.2, 0.25) is 5.91 Å². The Morgan fingerprint density at radius 3 is 2.52 bits per heavy atom. The van der Waals surface area contributed by atoms with E-state index in [0.717, 1.165) is 36.1 Å². The second-order valence-corrected chi connectivity index (χ2v) is 10.0. The summed E-state index contributed by atoms with van der Waals surface area (Å²) < 4.78 is 0.595. The SMILES string of the molecule is O=C(CCCCCN1C(=O)/C(=C\c2ccccc2)SC1=S)Nc1nc(-c2ccccc2)cs1. The summed E-state index contributed by atoms with van der Waals surface area (Å²) in [7, 11) is 0. The molecule has 0 spiro atoms. The van der Waals surface area contributed by atoms with Crippen LogP contribution >= 0.6 is 35.3 Å². The Hall–Kier alpha value is -2.81. The Kier molecular flexibility index (Phi) is 8.04. The van der Waals surface area contributed by atoms with E-state index in [0.29, 0.717) is 27.3 Å². The van der Waals surface area contributed by atoms with Crippen molar-refractivity contribution >= 4 is 62.7 Å². The van der Waals surface area contributed by atoms with Gasteiger partial charge in [0.15, 0.2) is 5.13 Å². The predicted octanol–water partition coefficient (Wildman–Crippen LogP) is 6.21. The fourth-order valence-corrected chi connectivity index (χ4v) is 5.42. The molecule has 1 N–H and O–H groups in total. The van der Waals surface area contributed by atoms with Gasteiger partial charge in [0, 0.05) is 23.9 Å². The molecule has 168 valence electrons. The Bertz CT molecular complexity index is 1160. The maximum absolute atomic E-state index is 12.7. The van der Waals surface area contributed by atoms with E-state index in [-0.39, 0.29) is 11.8 Å². The third kappa shape index (κ3) is 6.37. The number of hydrogen-bond acceptors (Lipinski definition) is 6. The zero-order valence-corrected chi connectivity index (χ0v) is 20.3. The number of thioether (sulfide) groups is 1. The van der Waals surface area contributed by atoms with Crippen molar-refractivity contribution < 1.29 is 9.59 Å². The lowest BCUT2D eigenvalue weighted by atomic mass is 10.1. The molecule has 1 fully saturated rings. The van der Waals surface area contributed by atoms with E-state index in [1.54, 1.807) is 4.90 Å². The Morgan fingerprint density at radius 1 is 1.03 bits per heavy atom. The van der Waals surface area contributed by atoms with Gasteiger partial charge in [-0.3, -0.25) is 14.5 Å². The largest absolute Gasteiger partial charge is 0.302 e. The van der Waals surface area contributed by atoms with E-state index in [9.17, 15) is 9.59 Å². The fraction of sp³-hybridized carbons (Fsp3) is 0.200. The van der Waals surface area contributed by atoms with Gasteiger partial charge in [-0.1, -0.05) is 91.1 Å². The third-order valence-electron chi connectivity index (χ3n) is 5.08. The molecule has 1 aliphatic rings. The van der Waals surface area contributed by atoms with Gasteiger partial charge in [0.1, 0.15) is 4.32 Å². The number of nitrogens with zero attached hydrogens (tertiary/aromatic N) is 2. The minimum absolute atomic E-state index is 0.0374. The molecule has 4 rings (SSSR count). The van der Waals surface area contributed by atoms with Crippen LogP contribution in [0.25, 0.3) is 17.3 Å². The highest BCUT2D eigenvalue weighted by atomic mass is 32.2. The summed E-state index contributed by atoms with van der Waals surface area (Å²) in [6.45, 7) is 0.575. The first-order valence-electron chi connectivity index (χ1n) is 10.7. The van der Waals surface area contributed by atoms with Crippen molar-refractivity contribution in [1.82, 2.24) is 9.88 Å². The number of hydrogen-bond donors (Lipinski definition) is 1. The minimum atomic E-state index is -0.0413. The molecule has 8 heteroatoms. The molecule has 2 heterocycles. The van der Waals surface area contributed by atoms with Crippen LogP contribution in [0.2, 0.25) is 0 Å². The lowest BCUT2D eigenvalue weighted by Crippen LogP contribution is -2.29. The molecule has 0 unspecified atom stereocenters. The van der Waals surface area contributed by atoms with Crippen LogP contribution in [0.1, 0.15) is 31.2 Å². The number of thiocarbonyl (C=S) groups is 1. The van der Waals surface area contributed by atoms with Crippen LogP contribution in [0.4, 0.5) is 5.13 Å². The molecule has 0 bridgehead atoms. The number of rotatable bonds is 9. The molecule has 0 aliphatic carbocycles. The van der Waals surface area contributed by atoms with Crippen LogP contribution in [-0.4, -0.2) is 32.6 Å². The van der Waals surface area contributed by atoms with Gasteiger partial charge in [0.05, 0.1) is 10.6 Å². The first-order chi connectivity index (χ1) is 16.1. The van der Waals surface area contributed by atoms with Crippen LogP contribution < -0.4 is 5.32 Å². The van der Waals surface area contributed by atoms with Crippen molar-refractivity contribution in [3.63, 3.8) is 0 Å². The van der Waals surface area contributed by atoms with Crippen molar-refractivity contribution in [1.29, 1.82) is 0 Å². The number of unbranched alkanes of at least 4 members (excludes halogenated alkanes) is 2. The number of thiazole rings is 1. The summed E-state index contributed by atoms with van der Waals surface area (Å²) in [5, 5.41) is 5.44. The van der Waals surface area contributed by atoms with E-state index < -0.39 is 0 Å². The summed E-state index contributed by atoms with van der Waals surface area (Å²) in [5.74, 6) is -0.0787. The number of carbonyl (C=O) groups is 2. The first kappa shape index (κ1) is 23.4. The molecule has 2 aromatic carbocycles. The number of aromatic nitrogens is 1. The highest BCUT2D eigenvalue weighted by Gasteiger charge is 2.31. The number of carbonyl (C=O) groups excluding carboxylic acids is 2. The van der Waals surface area contributed by atoms with Gasteiger partial charge in [-0.25, -0.2) is 4.98 Å². The lowest BCUT2D eigenvalue weighted by molar-refractivity contribution is -0.122. The zero-order chi connectivity index (χ0) is 23.0. The molecule has 1 saturated heterocycles. The molecular weight excluding hydrogens is 470 g/mol. The Morgan fingerprint density at radius 2 is 1.76 bits per heavy atom. The molecule has 0 saturated carbocycles. The van der Waals surface area contributed by atoms with Gasteiger partial charge >= 0.3 is 0 Å². The van der Waals surface area contributed by atoms with Crippen LogP contribution in [0, 0.1) is 0 Å². The van der Waals surface area contributed by atoms with Crippen molar-refractivity contribution in [3.05, 3.63) is 76.5 Å². The number of amides is 2. The quantitative estimate of drug-likeness (QED) is 0.218. The van der Waals surface area contributed by atoms with E-state index >= 15 is 0 Å². The molecule has 0 atom stereocenters. The molecule has 5 nitrogen and oxygen atoms in total. The third-order valence-corrected chi connectivity index (χ3v) is 7.21. The number of nitrogens with one attached hydrogen (secondary N) is 1. The lowest BCUT2D eigenvalue weighted by Gasteiger charge is -2.14. The molecule has 2 amide bonds. The van der Waals surface area contributed by atoms with Crippen LogP contribution in [-0.2, 0) is 9.59 Å². The van der Waals surface area contributed by atoms with Crippen molar-refractivity contribution in [2.24, 2.45) is 0 Å². The van der Waals surface area contributed by atoms with Gasteiger partial charge in [-0.2, -0.15) is 0 Å². The molecular formula is C25H23N3O2S3. The van der Waals surface area contributed by atoms with E-state index in [2.05, 4.69) is 10.3 Å². The Balaban J connectivity index is 1.18. The fourth-order valence-electron chi connectivity index (χ4n) is 3.38. The number of anilines is 1. The highest BCUT2D eigenvalue weighted by molar-refractivity contribution is 8.26. The summed E-state index contributed by atoms with van der Waals surface area (Å²) in [6.07, 6.45) is 4.69. The molecule has 1 aliphatic heterocycles. The summed E-state index contributed by atoms with van der Waals surface area (Å²) in [5.41, 5.74) is 2.88. The Labute approximate surface area is 206 Å². The molecule has 3 aromatic rings. The van der Waals surface area contributed by atoms with Gasteiger partial charge in [0.25, 0.3) is 5.91 Å². The van der Waals surface area contributed by atoms with Crippen molar-refractivity contribution in [3.8, 4) is 11.3 Å². The maximum Gasteiger partial charge on any atom is 0.266 e. The first-order valence-corrected chi connectivity index (χ1v) is 12.8. The van der Waals surface area contributed by atoms with Gasteiger partial charge in [-0.05, 0) is 24.5 Å². The standard InChI is InChI=1S/C25H23N3O2S3/c29-22(27-24-26-20(17-32-24)19-12-6-2-7-13-19)14-8-3-9-15-28-23(30)21(33-25(28)31)16-18-10-4-1-5-11-18/h1-2,4-7,10-13,16-17H,3,8-9,14-15H2,(H,26,27,29)/b21-16+. The summed E-state index contributed by atoms with van der Waals surface area (Å²) >= 11 is 8.17. The molecule has 33 heavy (non-hydrogen) atoms. The molecule has 0 radical (unpaired) electrons. The van der Waals surface area contributed by atoms with Crippen LogP contribution in [0.3, 0.4) is 0 Å². The normalized spacial score (nSPS) is 14.8.